The zero-order valence-electron chi connectivity index (χ0n) is 11.6. The summed E-state index contributed by atoms with van der Waals surface area (Å²) in [4.78, 5) is 23.5. The second kappa shape index (κ2) is 5.63. The summed E-state index contributed by atoms with van der Waals surface area (Å²) in [5, 5.41) is 10.6. The van der Waals surface area contributed by atoms with E-state index in [4.69, 9.17) is 4.74 Å². The lowest BCUT2D eigenvalue weighted by Crippen LogP contribution is -2.49. The minimum absolute atomic E-state index is 0.123. The van der Waals surface area contributed by atoms with Crippen molar-refractivity contribution >= 4 is 11.8 Å². The topological polar surface area (TPSA) is 72.8 Å². The maximum atomic E-state index is 11.9. The summed E-state index contributed by atoms with van der Waals surface area (Å²) < 4.78 is 9.76. The minimum atomic E-state index is -1.78. The quantitative estimate of drug-likeness (QED) is 0.847. The molecule has 1 aromatic carbocycles. The maximum Gasteiger partial charge on any atom is 0.338 e. The molecule has 0 spiro atoms. The van der Waals surface area contributed by atoms with Gasteiger partial charge in [-0.2, -0.15) is 0 Å². The van der Waals surface area contributed by atoms with E-state index >= 15 is 0 Å². The van der Waals surface area contributed by atoms with E-state index in [1.165, 1.54) is 7.11 Å². The van der Waals surface area contributed by atoms with Crippen molar-refractivity contribution in [3.8, 4) is 5.75 Å². The van der Waals surface area contributed by atoms with Crippen molar-refractivity contribution in [2.75, 3.05) is 14.2 Å². The van der Waals surface area contributed by atoms with Crippen LogP contribution in [0.5, 0.6) is 5.75 Å². The van der Waals surface area contributed by atoms with Crippen LogP contribution in [0.4, 0.5) is 0 Å². The van der Waals surface area contributed by atoms with Crippen LogP contribution in [-0.4, -0.2) is 36.7 Å². The fourth-order valence-corrected chi connectivity index (χ4v) is 2.73. The number of carbonyl (C=O) groups is 2. The summed E-state index contributed by atoms with van der Waals surface area (Å²) in [6, 6.07) is 7.13. The van der Waals surface area contributed by atoms with E-state index in [2.05, 4.69) is 4.74 Å². The van der Waals surface area contributed by atoms with Gasteiger partial charge in [-0.15, -0.1) is 0 Å². The van der Waals surface area contributed by atoms with Gasteiger partial charge in [0.25, 0.3) is 0 Å². The van der Waals surface area contributed by atoms with Gasteiger partial charge in [-0.05, 0) is 24.1 Å². The summed E-state index contributed by atoms with van der Waals surface area (Å²) in [7, 11) is 2.78. The molecule has 0 radical (unpaired) electrons. The third kappa shape index (κ3) is 2.54. The monoisotopic (exact) mass is 278 g/mol. The van der Waals surface area contributed by atoms with E-state index in [0.717, 1.165) is 5.56 Å². The number of ether oxygens (including phenoxy) is 2. The largest absolute Gasteiger partial charge is 0.497 e. The first-order valence-electron chi connectivity index (χ1n) is 6.47. The fraction of sp³-hybridized carbons (Fsp3) is 0.467. The average molecular weight is 278 g/mol. The minimum Gasteiger partial charge on any atom is -0.497 e. The lowest BCUT2D eigenvalue weighted by Gasteiger charge is -2.37. The Kier molecular flexibility index (Phi) is 4.09. The van der Waals surface area contributed by atoms with Crippen molar-refractivity contribution in [1.29, 1.82) is 0 Å². The molecule has 0 aromatic heterocycles. The van der Waals surface area contributed by atoms with Crippen molar-refractivity contribution in [3.05, 3.63) is 29.8 Å². The molecule has 108 valence electrons. The zero-order valence-corrected chi connectivity index (χ0v) is 11.6. The highest BCUT2D eigenvalue weighted by molar-refractivity contribution is 5.91. The smallest absolute Gasteiger partial charge is 0.338 e. The van der Waals surface area contributed by atoms with E-state index in [-0.39, 0.29) is 12.2 Å². The second-order valence-electron chi connectivity index (χ2n) is 5.00. The molecular weight excluding hydrogens is 260 g/mol. The van der Waals surface area contributed by atoms with Crippen LogP contribution in [0.3, 0.4) is 0 Å². The van der Waals surface area contributed by atoms with Gasteiger partial charge in [0.2, 0.25) is 0 Å². The fourth-order valence-electron chi connectivity index (χ4n) is 2.73. The Labute approximate surface area is 117 Å². The van der Waals surface area contributed by atoms with Crippen LogP contribution < -0.4 is 4.74 Å². The number of hydrogen-bond acceptors (Lipinski definition) is 5. The Bertz CT molecular complexity index is 508. The summed E-state index contributed by atoms with van der Waals surface area (Å²) in [5.74, 6) is -0.630. The van der Waals surface area contributed by atoms with Gasteiger partial charge in [-0.1, -0.05) is 12.1 Å². The normalized spacial score (nSPS) is 26.1. The molecule has 0 bridgehead atoms. The van der Waals surface area contributed by atoms with E-state index in [1.54, 1.807) is 31.4 Å². The van der Waals surface area contributed by atoms with Crippen molar-refractivity contribution < 1.29 is 24.2 Å². The van der Waals surface area contributed by atoms with Gasteiger partial charge in [-0.25, -0.2) is 4.79 Å². The van der Waals surface area contributed by atoms with Crippen molar-refractivity contribution in [3.63, 3.8) is 0 Å². The van der Waals surface area contributed by atoms with Crippen LogP contribution in [0.2, 0.25) is 0 Å². The Morgan fingerprint density at radius 2 is 1.95 bits per heavy atom. The number of aliphatic hydroxyl groups is 1. The first-order valence-corrected chi connectivity index (χ1v) is 6.47. The Hall–Kier alpha value is -1.88. The van der Waals surface area contributed by atoms with E-state index in [0.29, 0.717) is 18.6 Å². The molecule has 1 saturated carbocycles. The molecule has 0 heterocycles. The van der Waals surface area contributed by atoms with Gasteiger partial charge in [0.15, 0.2) is 5.60 Å². The number of esters is 1. The second-order valence-corrected chi connectivity index (χ2v) is 5.00. The molecule has 1 N–H and O–H groups in total. The summed E-state index contributed by atoms with van der Waals surface area (Å²) in [6.07, 6.45) is 0.586. The van der Waals surface area contributed by atoms with Gasteiger partial charge >= 0.3 is 5.97 Å². The first-order chi connectivity index (χ1) is 9.51. The van der Waals surface area contributed by atoms with Crippen LogP contribution >= 0.6 is 0 Å². The third-order valence-electron chi connectivity index (χ3n) is 3.81. The summed E-state index contributed by atoms with van der Waals surface area (Å²) >= 11 is 0. The number of Topliss-reactive ketones (excluding diaryl/α,β-unsaturated/α-hetero) is 1. The van der Waals surface area contributed by atoms with Gasteiger partial charge < -0.3 is 14.6 Å². The Balaban J connectivity index is 2.35. The predicted octanol–water partition coefficient (Wildman–Crippen LogP) is 1.44. The molecule has 1 aromatic rings. The predicted molar refractivity (Wildman–Crippen MR) is 71.6 cm³/mol. The first kappa shape index (κ1) is 14.5. The van der Waals surface area contributed by atoms with E-state index < -0.39 is 17.5 Å². The number of hydrogen-bond donors (Lipinski definition) is 1. The van der Waals surface area contributed by atoms with Crippen molar-refractivity contribution in [2.24, 2.45) is 0 Å². The Morgan fingerprint density at radius 1 is 1.30 bits per heavy atom. The number of rotatable bonds is 3. The van der Waals surface area contributed by atoms with Crippen LogP contribution in [0.15, 0.2) is 24.3 Å². The average Bonchev–Trinajstić information content (AvgIpc) is 2.46. The highest BCUT2D eigenvalue weighted by Gasteiger charge is 2.49. The molecule has 1 fully saturated rings. The van der Waals surface area contributed by atoms with Crippen LogP contribution in [0.25, 0.3) is 0 Å². The van der Waals surface area contributed by atoms with Gasteiger partial charge in [-0.3, -0.25) is 4.79 Å². The Morgan fingerprint density at radius 3 is 2.50 bits per heavy atom. The van der Waals surface area contributed by atoms with Crippen LogP contribution in [-0.2, 0) is 14.3 Å². The highest BCUT2D eigenvalue weighted by Crippen LogP contribution is 2.40. The van der Waals surface area contributed by atoms with Gasteiger partial charge in [0.05, 0.1) is 14.2 Å². The zero-order chi connectivity index (χ0) is 14.8. The van der Waals surface area contributed by atoms with Crippen molar-refractivity contribution in [1.82, 2.24) is 0 Å². The molecule has 20 heavy (non-hydrogen) atoms. The molecule has 1 aliphatic carbocycles. The van der Waals surface area contributed by atoms with Gasteiger partial charge in [0, 0.05) is 18.8 Å². The summed E-state index contributed by atoms with van der Waals surface area (Å²) in [6.45, 7) is 0. The van der Waals surface area contributed by atoms with E-state index in [1.807, 2.05) is 0 Å². The van der Waals surface area contributed by atoms with Gasteiger partial charge in [0.1, 0.15) is 11.5 Å². The maximum absolute atomic E-state index is 11.9. The molecule has 5 nitrogen and oxygen atoms in total. The number of carbonyl (C=O) groups excluding carboxylic acids is 2. The van der Waals surface area contributed by atoms with Crippen molar-refractivity contribution in [2.45, 2.75) is 30.8 Å². The summed E-state index contributed by atoms with van der Waals surface area (Å²) in [5.41, 5.74) is -0.982. The molecule has 0 amide bonds. The molecule has 0 saturated heterocycles. The third-order valence-corrected chi connectivity index (χ3v) is 3.81. The molecule has 0 unspecified atom stereocenters. The highest BCUT2D eigenvalue weighted by atomic mass is 16.5. The molecule has 2 rings (SSSR count). The molecule has 5 heteroatoms. The number of benzene rings is 1. The number of methoxy groups -OCH3 is 2. The van der Waals surface area contributed by atoms with Crippen LogP contribution in [0, 0.1) is 0 Å². The molecule has 2 atom stereocenters. The molecule has 1 aliphatic rings. The lowest BCUT2D eigenvalue weighted by atomic mass is 9.71. The van der Waals surface area contributed by atoms with E-state index in [9.17, 15) is 14.7 Å². The lowest BCUT2D eigenvalue weighted by molar-refractivity contribution is -0.170. The molecular formula is C15H18O5. The standard InChI is InChI=1S/C15H18O5/c1-19-12-6-3-10(4-7-12)13-8-5-11(16)9-15(13,18)14(17)20-2/h3-4,6-7,13,18H,5,8-9H2,1-2H3/t13-,15-/m1/s1. The number of ketones is 1. The van der Waals surface area contributed by atoms with Crippen LogP contribution in [0.1, 0.15) is 30.7 Å². The SMILES string of the molecule is COC(=O)[C@@]1(O)CC(=O)CC[C@@H]1c1ccc(OC)cc1. The molecule has 0 aliphatic heterocycles.